The van der Waals surface area contributed by atoms with E-state index in [1.54, 1.807) is 0 Å². The molecular formula is C21H16F2N2O9S2. The molecule has 0 saturated heterocycles. The van der Waals surface area contributed by atoms with Crippen molar-refractivity contribution >= 4 is 43.4 Å². The van der Waals surface area contributed by atoms with Gasteiger partial charge in [0.25, 0.3) is 20.0 Å². The van der Waals surface area contributed by atoms with Gasteiger partial charge in [0.2, 0.25) is 0 Å². The van der Waals surface area contributed by atoms with Crippen LogP contribution in [-0.2, 0) is 20.0 Å². The monoisotopic (exact) mass is 542 g/mol. The number of aromatic carboxylic acids is 2. The number of halogens is 2. The van der Waals surface area contributed by atoms with E-state index < -0.39 is 81.7 Å². The van der Waals surface area contributed by atoms with E-state index >= 15 is 0 Å². The molecule has 4 N–H and O–H groups in total. The summed E-state index contributed by atoms with van der Waals surface area (Å²) in [5.74, 6) is -5.50. The number of carboxylic acid groups (broad SMARTS) is 2. The second kappa shape index (κ2) is 9.79. The fourth-order valence-corrected chi connectivity index (χ4v) is 5.33. The Balaban J connectivity index is 2.00. The van der Waals surface area contributed by atoms with Gasteiger partial charge in [0.15, 0.2) is 0 Å². The first-order valence-electron chi connectivity index (χ1n) is 9.54. The molecule has 0 aliphatic heterocycles. The SMILES string of the molecule is COc1cc(S(=O)(=O)Nc2ccc(F)cc2C(=O)O)ccc1S(=O)(=O)Nc1ccc(F)cc1C(=O)O. The quantitative estimate of drug-likeness (QED) is 0.317. The molecule has 0 aliphatic carbocycles. The maximum absolute atomic E-state index is 13.4. The molecule has 190 valence electrons. The minimum Gasteiger partial charge on any atom is -0.495 e. The lowest BCUT2D eigenvalue weighted by Crippen LogP contribution is -2.18. The molecule has 0 aromatic heterocycles. The zero-order valence-electron chi connectivity index (χ0n) is 18.0. The highest BCUT2D eigenvalue weighted by molar-refractivity contribution is 7.93. The van der Waals surface area contributed by atoms with E-state index in [2.05, 4.69) is 0 Å². The highest BCUT2D eigenvalue weighted by Gasteiger charge is 2.26. The first kappa shape index (κ1) is 26.4. The van der Waals surface area contributed by atoms with Crippen LogP contribution in [0.1, 0.15) is 20.7 Å². The van der Waals surface area contributed by atoms with E-state index in [0.29, 0.717) is 12.1 Å². The molecule has 36 heavy (non-hydrogen) atoms. The van der Waals surface area contributed by atoms with E-state index in [9.17, 15) is 45.4 Å². The number of anilines is 2. The Bertz CT molecular complexity index is 1590. The third-order valence-electron chi connectivity index (χ3n) is 4.65. The summed E-state index contributed by atoms with van der Waals surface area (Å²) in [7, 11) is -8.03. The Morgan fingerprint density at radius 2 is 1.22 bits per heavy atom. The summed E-state index contributed by atoms with van der Waals surface area (Å²) in [6.45, 7) is 0. The van der Waals surface area contributed by atoms with Crippen LogP contribution in [0.25, 0.3) is 0 Å². The van der Waals surface area contributed by atoms with E-state index in [4.69, 9.17) is 4.74 Å². The standard InChI is InChI=1S/C21H16F2N2O9S2/c1-34-18-10-13(35(30,31)24-16-5-2-11(22)8-14(16)20(26)27)4-7-19(18)36(32,33)25-17-6-3-12(23)9-15(17)21(28)29/h2-10,24-25H,1H3,(H,26,27)(H,28,29). The Hall–Kier alpha value is -4.24. The normalized spacial score (nSPS) is 11.5. The van der Waals surface area contributed by atoms with Gasteiger partial charge in [0.1, 0.15) is 22.3 Å². The van der Waals surface area contributed by atoms with Crippen LogP contribution >= 0.6 is 0 Å². The van der Waals surface area contributed by atoms with Gasteiger partial charge in [0, 0.05) is 6.07 Å². The number of hydrogen-bond donors (Lipinski definition) is 4. The van der Waals surface area contributed by atoms with Gasteiger partial charge in [-0.1, -0.05) is 0 Å². The third-order valence-corrected chi connectivity index (χ3v) is 7.42. The molecule has 0 radical (unpaired) electrons. The van der Waals surface area contributed by atoms with Crippen LogP contribution in [0, 0.1) is 11.6 Å². The second-order valence-corrected chi connectivity index (χ2v) is 10.3. The molecule has 15 heteroatoms. The highest BCUT2D eigenvalue weighted by atomic mass is 32.2. The minimum absolute atomic E-state index is 0.446. The van der Waals surface area contributed by atoms with E-state index in [1.165, 1.54) is 0 Å². The predicted molar refractivity (Wildman–Crippen MR) is 121 cm³/mol. The zero-order valence-corrected chi connectivity index (χ0v) is 19.7. The number of benzene rings is 3. The van der Waals surface area contributed by atoms with Gasteiger partial charge < -0.3 is 14.9 Å². The molecule has 3 aromatic rings. The summed E-state index contributed by atoms with van der Waals surface area (Å²) >= 11 is 0. The minimum atomic E-state index is -4.56. The van der Waals surface area contributed by atoms with Crippen LogP contribution in [0.5, 0.6) is 5.75 Å². The largest absolute Gasteiger partial charge is 0.495 e. The Morgan fingerprint density at radius 1 is 0.750 bits per heavy atom. The fourth-order valence-electron chi connectivity index (χ4n) is 3.01. The first-order chi connectivity index (χ1) is 16.7. The third kappa shape index (κ3) is 5.52. The molecule has 0 saturated carbocycles. The summed E-state index contributed by atoms with van der Waals surface area (Å²) in [4.78, 5) is 21.6. The molecule has 0 amide bonds. The van der Waals surface area contributed by atoms with Gasteiger partial charge in [-0.15, -0.1) is 0 Å². The van der Waals surface area contributed by atoms with E-state index in [0.717, 1.165) is 49.6 Å². The molecule has 0 unspecified atom stereocenters. The van der Waals surface area contributed by atoms with Crippen LogP contribution < -0.4 is 14.2 Å². The van der Waals surface area contributed by atoms with Crippen LogP contribution in [0.3, 0.4) is 0 Å². The molecule has 3 rings (SSSR count). The number of sulfonamides is 2. The summed E-state index contributed by atoms with van der Waals surface area (Å²) in [6, 6.07) is 7.24. The van der Waals surface area contributed by atoms with E-state index in [1.807, 2.05) is 9.44 Å². The topological polar surface area (TPSA) is 176 Å². The maximum Gasteiger partial charge on any atom is 0.337 e. The van der Waals surface area contributed by atoms with Crippen LogP contribution in [0.15, 0.2) is 64.4 Å². The average molecular weight is 542 g/mol. The number of carbonyl (C=O) groups is 2. The lowest BCUT2D eigenvalue weighted by molar-refractivity contribution is 0.0686. The molecule has 0 bridgehead atoms. The Morgan fingerprint density at radius 3 is 1.67 bits per heavy atom. The number of methoxy groups -OCH3 is 1. The summed E-state index contributed by atoms with van der Waals surface area (Å²) < 4.78 is 87.2. The molecule has 0 heterocycles. The average Bonchev–Trinajstić information content (AvgIpc) is 2.80. The van der Waals surface area contributed by atoms with Crippen molar-refractivity contribution in [2.45, 2.75) is 9.79 Å². The van der Waals surface area contributed by atoms with Crippen molar-refractivity contribution in [2.24, 2.45) is 0 Å². The number of hydrogen-bond acceptors (Lipinski definition) is 7. The van der Waals surface area contributed by atoms with Gasteiger partial charge in [-0.25, -0.2) is 35.2 Å². The van der Waals surface area contributed by atoms with Crippen molar-refractivity contribution < 1.29 is 50.2 Å². The summed E-state index contributed by atoms with van der Waals surface area (Å²) in [5, 5.41) is 18.4. The van der Waals surface area contributed by atoms with Crippen molar-refractivity contribution in [3.05, 3.63) is 77.4 Å². The number of nitrogens with one attached hydrogen (secondary N) is 2. The number of ether oxygens (including phenoxy) is 1. The van der Waals surface area contributed by atoms with Crippen molar-refractivity contribution in [2.75, 3.05) is 16.6 Å². The summed E-state index contributed by atoms with van der Waals surface area (Å²) in [6.07, 6.45) is 0. The van der Waals surface area contributed by atoms with Crippen molar-refractivity contribution in [1.29, 1.82) is 0 Å². The Kier molecular flexibility index (Phi) is 7.17. The smallest absolute Gasteiger partial charge is 0.337 e. The van der Waals surface area contributed by atoms with E-state index in [-0.39, 0.29) is 0 Å². The molecule has 3 aromatic carbocycles. The van der Waals surface area contributed by atoms with Crippen molar-refractivity contribution in [1.82, 2.24) is 0 Å². The predicted octanol–water partition coefficient (Wildman–Crippen LogP) is 2.97. The number of carboxylic acids is 2. The zero-order chi connectivity index (χ0) is 26.8. The van der Waals surface area contributed by atoms with Crippen molar-refractivity contribution in [3.63, 3.8) is 0 Å². The first-order valence-corrected chi connectivity index (χ1v) is 12.5. The molecule has 0 fully saturated rings. The van der Waals surface area contributed by atoms with Gasteiger partial charge in [-0.3, -0.25) is 9.44 Å². The van der Waals surface area contributed by atoms with Gasteiger partial charge in [0.05, 0.1) is 34.5 Å². The fraction of sp³-hybridized carbons (Fsp3) is 0.0476. The van der Waals surface area contributed by atoms with Crippen LogP contribution in [-0.4, -0.2) is 46.1 Å². The second-order valence-electron chi connectivity index (χ2n) is 7.01. The molecule has 0 spiro atoms. The summed E-state index contributed by atoms with van der Waals surface area (Å²) in [5.41, 5.74) is -2.24. The lowest BCUT2D eigenvalue weighted by Gasteiger charge is -2.15. The molecular weight excluding hydrogens is 526 g/mol. The van der Waals surface area contributed by atoms with Gasteiger partial charge in [-0.2, -0.15) is 0 Å². The van der Waals surface area contributed by atoms with Gasteiger partial charge >= 0.3 is 11.9 Å². The highest BCUT2D eigenvalue weighted by Crippen LogP contribution is 2.31. The molecule has 11 nitrogen and oxygen atoms in total. The van der Waals surface area contributed by atoms with Crippen LogP contribution in [0.4, 0.5) is 20.2 Å². The lowest BCUT2D eigenvalue weighted by atomic mass is 10.2. The van der Waals surface area contributed by atoms with Crippen LogP contribution in [0.2, 0.25) is 0 Å². The Labute approximate surface area is 203 Å². The van der Waals surface area contributed by atoms with Crippen molar-refractivity contribution in [3.8, 4) is 5.75 Å². The molecule has 0 atom stereocenters. The maximum atomic E-state index is 13.4. The number of rotatable bonds is 9. The molecule has 0 aliphatic rings. The van der Waals surface area contributed by atoms with Gasteiger partial charge in [-0.05, 0) is 48.5 Å².